The Hall–Kier alpha value is -0.521. The van der Waals surface area contributed by atoms with Crippen molar-refractivity contribution in [2.75, 3.05) is 37.1 Å². The van der Waals surface area contributed by atoms with Crippen LogP contribution in [-0.2, 0) is 28.6 Å². The minimum atomic E-state index is -0.0725. The monoisotopic (exact) mass is 1160 g/mol. The van der Waals surface area contributed by atoms with Gasteiger partial charge in [0.2, 0.25) is 0 Å². The van der Waals surface area contributed by atoms with Crippen LogP contribution >= 0.6 is 37.9 Å². The van der Waals surface area contributed by atoms with Crippen molar-refractivity contribution in [1.29, 1.82) is 0 Å². The van der Waals surface area contributed by atoms with Gasteiger partial charge in [-0.1, -0.05) is 211 Å². The summed E-state index contributed by atoms with van der Waals surface area (Å²) in [5.41, 5.74) is 0. The van der Waals surface area contributed by atoms with Crippen molar-refractivity contribution in [3.63, 3.8) is 0 Å². The Balaban J connectivity index is -0.000000465. The number of thiol groups is 3. The van der Waals surface area contributed by atoms with Crippen LogP contribution in [0.5, 0.6) is 0 Å². The van der Waals surface area contributed by atoms with Crippen LogP contribution in [0.2, 0.25) is 4.94 Å². The number of allylic oxidation sites excluding steroid dienone is 6. The average molecular weight is 1160 g/mol. The molecule has 0 N–H and O–H groups in total. The molecule has 0 heterocycles. The second-order valence-electron chi connectivity index (χ2n) is 18.8. The van der Waals surface area contributed by atoms with Gasteiger partial charge in [-0.3, -0.25) is 14.4 Å². The molecule has 0 saturated carbocycles. The number of rotatable bonds is 51. The zero-order chi connectivity index (χ0) is 53.0. The molecule has 3 radical (unpaired) electrons. The molecule has 0 rings (SSSR count). The van der Waals surface area contributed by atoms with Crippen LogP contribution in [0.3, 0.4) is 0 Å². The summed E-state index contributed by atoms with van der Waals surface area (Å²) in [4.78, 5) is 35.9. The molecule has 0 aliphatic carbocycles. The third kappa shape index (κ3) is 81.0. The maximum absolute atomic E-state index is 11.3. The van der Waals surface area contributed by atoms with Crippen molar-refractivity contribution in [1.82, 2.24) is 0 Å². The molecule has 0 aliphatic heterocycles. The van der Waals surface area contributed by atoms with E-state index in [0.29, 0.717) is 56.3 Å². The van der Waals surface area contributed by atoms with Gasteiger partial charge in [0.25, 0.3) is 0 Å². The predicted molar refractivity (Wildman–Crippen MR) is 324 cm³/mol. The van der Waals surface area contributed by atoms with Crippen LogP contribution in [0.25, 0.3) is 0 Å². The van der Waals surface area contributed by atoms with E-state index in [0.717, 1.165) is 38.5 Å². The van der Waals surface area contributed by atoms with E-state index in [4.69, 9.17) is 14.2 Å². The molecular weight excluding hydrogens is 1040 g/mol. The van der Waals surface area contributed by atoms with Crippen LogP contribution in [0.15, 0.2) is 36.5 Å². The molecule has 0 aromatic rings. The maximum atomic E-state index is 11.3. The topological polar surface area (TPSA) is 78.9 Å². The van der Waals surface area contributed by atoms with Crippen molar-refractivity contribution in [2.45, 2.75) is 295 Å². The molecule has 0 bridgehead atoms. The van der Waals surface area contributed by atoms with Gasteiger partial charge < -0.3 is 14.2 Å². The van der Waals surface area contributed by atoms with E-state index in [9.17, 15) is 14.4 Å². The molecule has 6 nitrogen and oxygen atoms in total. The first kappa shape index (κ1) is 77.0. The molecule has 0 saturated heterocycles. The number of hydrogen-bond donors (Lipinski definition) is 3. The van der Waals surface area contributed by atoms with E-state index in [1.807, 2.05) is 0 Å². The first-order valence-corrected chi connectivity index (χ1v) is 34.4. The Morgan fingerprint density at radius 2 is 0.465 bits per heavy atom. The molecule has 419 valence electrons. The van der Waals surface area contributed by atoms with Gasteiger partial charge in [0, 0.05) is 36.5 Å². The zero-order valence-electron chi connectivity index (χ0n) is 47.2. The minimum absolute atomic E-state index is 0.0725. The van der Waals surface area contributed by atoms with Crippen molar-refractivity contribution in [2.24, 2.45) is 0 Å². The Bertz CT molecular complexity index is 971. The quantitative estimate of drug-likeness (QED) is 0.0141. The summed E-state index contributed by atoms with van der Waals surface area (Å²) in [6, 6.07) is 0. The van der Waals surface area contributed by atoms with E-state index in [2.05, 4.69) is 100 Å². The van der Waals surface area contributed by atoms with Gasteiger partial charge in [0.15, 0.2) is 0 Å². The number of esters is 3. The summed E-state index contributed by atoms with van der Waals surface area (Å²) in [7, 11) is 0. The normalized spacial score (nSPS) is 11.0. The molecule has 0 fully saturated rings. The molecule has 0 amide bonds. The number of ether oxygens (including phenoxy) is 3. The van der Waals surface area contributed by atoms with E-state index >= 15 is 0 Å². The van der Waals surface area contributed by atoms with E-state index in [-0.39, 0.29) is 17.9 Å². The van der Waals surface area contributed by atoms with Gasteiger partial charge >= 0.3 is 45.4 Å². The molecule has 0 spiro atoms. The fourth-order valence-electron chi connectivity index (χ4n) is 7.72. The Labute approximate surface area is 472 Å². The Morgan fingerprint density at radius 3 is 0.648 bits per heavy atom. The van der Waals surface area contributed by atoms with Crippen LogP contribution in [0.4, 0.5) is 0 Å². The first-order valence-electron chi connectivity index (χ1n) is 29.7. The average Bonchev–Trinajstić information content (AvgIpc) is 3.38. The predicted octanol–water partition coefficient (Wildman–Crippen LogP) is 19.7. The van der Waals surface area contributed by atoms with Gasteiger partial charge in [-0.25, -0.2) is 0 Å². The molecular formula is C61H117O6S3Sn. The number of hydrogen-bond acceptors (Lipinski definition) is 9. The fourth-order valence-corrected chi connectivity index (χ4v) is 7.99. The van der Waals surface area contributed by atoms with Crippen molar-refractivity contribution >= 4 is 78.3 Å². The summed E-state index contributed by atoms with van der Waals surface area (Å²) >= 11 is 13.6. The summed E-state index contributed by atoms with van der Waals surface area (Å²) in [5.74, 6) is 1.61. The number of carbonyl (C=O) groups is 3. The molecule has 71 heavy (non-hydrogen) atoms. The van der Waals surface area contributed by atoms with Crippen molar-refractivity contribution in [3.8, 4) is 0 Å². The SMILES string of the molecule is CCCCCCCC/C=C\CCCCCCCC(=O)OCCS.CCCCCCCC/C=C\CCCCCCCC(=O)OCCS.CCCCCCCC/C=C\CCCCCCCC(=O)OCCS.[CH3][Sn]. The standard InChI is InChI=1S/3C20H38O2S.CH3.Sn/c3*1-2-3-4-5-6-7-8-9-10-11-12-13-14-15-16-17-20(21)22-18-19-23;;/h3*9-10,23H,2-8,11-19H2,1H3;1H3;/b3*10-9-;;. The molecule has 0 unspecified atom stereocenters. The molecule has 0 aromatic carbocycles. The first-order chi connectivity index (χ1) is 34.9. The van der Waals surface area contributed by atoms with Gasteiger partial charge in [0.05, 0.1) is 0 Å². The van der Waals surface area contributed by atoms with Crippen LogP contribution in [0, 0.1) is 0 Å². The van der Waals surface area contributed by atoms with Gasteiger partial charge in [0.1, 0.15) is 19.8 Å². The molecule has 10 heteroatoms. The Kier molecular flexibility index (Phi) is 82.4. The third-order valence-corrected chi connectivity index (χ3v) is 12.5. The van der Waals surface area contributed by atoms with Crippen LogP contribution in [0.1, 0.15) is 290 Å². The molecule has 0 aliphatic rings. The zero-order valence-corrected chi connectivity index (χ0v) is 52.7. The van der Waals surface area contributed by atoms with E-state index in [1.165, 1.54) is 212 Å². The van der Waals surface area contributed by atoms with Gasteiger partial charge in [-0.05, 0) is 96.3 Å². The summed E-state index contributed by atoms with van der Waals surface area (Å²) in [5, 5.41) is 0. The van der Waals surface area contributed by atoms with Crippen molar-refractivity contribution in [3.05, 3.63) is 36.5 Å². The summed E-state index contributed by atoms with van der Waals surface area (Å²) in [6.45, 7) is 8.11. The van der Waals surface area contributed by atoms with Crippen LogP contribution < -0.4 is 0 Å². The van der Waals surface area contributed by atoms with E-state index < -0.39 is 0 Å². The van der Waals surface area contributed by atoms with Crippen molar-refractivity contribution < 1.29 is 28.6 Å². The summed E-state index contributed by atoms with van der Waals surface area (Å²) in [6.07, 6.45) is 65.6. The Morgan fingerprint density at radius 1 is 0.296 bits per heavy atom. The number of carbonyl (C=O) groups excluding carboxylic acids is 3. The van der Waals surface area contributed by atoms with E-state index in [1.54, 1.807) is 22.5 Å². The van der Waals surface area contributed by atoms with Gasteiger partial charge in [-0.2, -0.15) is 37.9 Å². The van der Waals surface area contributed by atoms with Gasteiger partial charge in [-0.15, -0.1) is 0 Å². The second-order valence-corrected chi connectivity index (χ2v) is 20.2. The second kappa shape index (κ2) is 76.0. The summed E-state index contributed by atoms with van der Waals surface area (Å²) < 4.78 is 15.0. The molecule has 0 aromatic heterocycles. The number of unbranched alkanes of at least 4 members (excludes halogenated alkanes) is 33. The third-order valence-electron chi connectivity index (χ3n) is 12.0. The fraction of sp³-hybridized carbons (Fsp3) is 0.852. The molecule has 0 atom stereocenters. The van der Waals surface area contributed by atoms with Crippen LogP contribution in [-0.4, -0.2) is 77.5 Å².